The quantitative estimate of drug-likeness (QED) is 0.875. The number of nitrogens with zero attached hydrogens (tertiary/aromatic N) is 2. The van der Waals surface area contributed by atoms with Gasteiger partial charge in [0.05, 0.1) is 0 Å². The lowest BCUT2D eigenvalue weighted by Crippen LogP contribution is -2.47. The predicted octanol–water partition coefficient (Wildman–Crippen LogP) is 2.36. The molecule has 1 N–H and O–H groups in total. The van der Waals surface area contributed by atoms with Crippen LogP contribution in [0.4, 0.5) is 0 Å². The van der Waals surface area contributed by atoms with Gasteiger partial charge in [-0.2, -0.15) is 0 Å². The minimum absolute atomic E-state index is 0.229. The molecule has 1 aliphatic heterocycles. The van der Waals surface area contributed by atoms with Crippen molar-refractivity contribution in [1.82, 2.24) is 15.1 Å². The van der Waals surface area contributed by atoms with Crippen LogP contribution in [-0.4, -0.2) is 55.0 Å². The molecule has 1 aromatic carbocycles. The lowest BCUT2D eigenvalue weighted by atomic mass is 9.95. The summed E-state index contributed by atoms with van der Waals surface area (Å²) >= 11 is 0. The fraction of sp³-hybridized carbons (Fsp3) is 0.632. The van der Waals surface area contributed by atoms with E-state index in [0.29, 0.717) is 12.3 Å². The first-order valence-electron chi connectivity index (χ1n) is 8.69. The second kappa shape index (κ2) is 8.46. The highest BCUT2D eigenvalue weighted by atomic mass is 16.2. The summed E-state index contributed by atoms with van der Waals surface area (Å²) in [5, 5.41) is 3.29. The monoisotopic (exact) mass is 317 g/mol. The molecule has 128 valence electrons. The largest absolute Gasteiger partial charge is 0.340 e. The average Bonchev–Trinajstić information content (AvgIpc) is 2.53. The second-order valence-corrected chi connectivity index (χ2v) is 7.64. The molecule has 0 atom stereocenters. The molecule has 4 heteroatoms. The van der Waals surface area contributed by atoms with Gasteiger partial charge in [0.1, 0.15) is 0 Å². The molecule has 0 unspecified atom stereocenters. The van der Waals surface area contributed by atoms with Gasteiger partial charge in [0.15, 0.2) is 0 Å². The van der Waals surface area contributed by atoms with Gasteiger partial charge in [-0.05, 0) is 11.0 Å². The number of amides is 1. The van der Waals surface area contributed by atoms with E-state index in [1.165, 1.54) is 5.56 Å². The van der Waals surface area contributed by atoms with Gasteiger partial charge in [-0.25, -0.2) is 0 Å². The van der Waals surface area contributed by atoms with Crippen molar-refractivity contribution < 1.29 is 4.79 Å². The van der Waals surface area contributed by atoms with Crippen molar-refractivity contribution in [3.63, 3.8) is 0 Å². The Balaban J connectivity index is 1.90. The predicted molar refractivity (Wildman–Crippen MR) is 95.2 cm³/mol. The van der Waals surface area contributed by atoms with Gasteiger partial charge >= 0.3 is 0 Å². The molecule has 23 heavy (non-hydrogen) atoms. The fourth-order valence-electron chi connectivity index (χ4n) is 3.05. The lowest BCUT2D eigenvalue weighted by Gasteiger charge is -2.32. The molecule has 0 saturated carbocycles. The van der Waals surface area contributed by atoms with E-state index in [1.807, 2.05) is 11.0 Å². The van der Waals surface area contributed by atoms with Crippen LogP contribution in [0.1, 0.15) is 32.8 Å². The summed E-state index contributed by atoms with van der Waals surface area (Å²) in [4.78, 5) is 16.8. The fourth-order valence-corrected chi connectivity index (χ4v) is 3.05. The molecule has 0 radical (unpaired) electrons. The second-order valence-electron chi connectivity index (χ2n) is 7.64. The minimum Gasteiger partial charge on any atom is -0.340 e. The Labute approximate surface area is 140 Å². The third-order valence-corrected chi connectivity index (χ3v) is 4.06. The van der Waals surface area contributed by atoms with Crippen LogP contribution in [0.5, 0.6) is 0 Å². The van der Waals surface area contributed by atoms with Gasteiger partial charge in [-0.15, -0.1) is 0 Å². The number of carbonyl (C=O) groups is 1. The van der Waals surface area contributed by atoms with Crippen molar-refractivity contribution in [2.75, 3.05) is 39.3 Å². The van der Waals surface area contributed by atoms with E-state index < -0.39 is 0 Å². The van der Waals surface area contributed by atoms with Crippen molar-refractivity contribution in [2.24, 2.45) is 5.41 Å². The van der Waals surface area contributed by atoms with E-state index in [9.17, 15) is 4.79 Å². The molecule has 4 nitrogen and oxygen atoms in total. The third kappa shape index (κ3) is 6.71. The number of carbonyl (C=O) groups excluding carboxylic acids is 1. The first-order valence-corrected chi connectivity index (χ1v) is 8.69. The standard InChI is InChI=1S/C19H31N3O/c1-19(2,3)16-21(15-17-7-5-4-6-8-17)12-9-18(23)22-13-10-20-11-14-22/h4-8,20H,9-16H2,1-3H3. The molecule has 0 bridgehead atoms. The third-order valence-electron chi connectivity index (χ3n) is 4.06. The smallest absolute Gasteiger partial charge is 0.223 e. The maximum atomic E-state index is 12.4. The Kier molecular flexibility index (Phi) is 6.60. The Bertz CT molecular complexity index is 475. The molecule has 2 rings (SSSR count). The van der Waals surface area contributed by atoms with E-state index in [4.69, 9.17) is 0 Å². The molecular weight excluding hydrogens is 286 g/mol. The number of hydrogen-bond acceptors (Lipinski definition) is 3. The zero-order valence-electron chi connectivity index (χ0n) is 14.8. The maximum absolute atomic E-state index is 12.4. The van der Waals surface area contributed by atoms with E-state index >= 15 is 0 Å². The van der Waals surface area contributed by atoms with Crippen molar-refractivity contribution >= 4 is 5.91 Å². The number of rotatable bonds is 6. The molecule has 1 saturated heterocycles. The Morgan fingerprint density at radius 3 is 2.43 bits per heavy atom. The highest BCUT2D eigenvalue weighted by molar-refractivity contribution is 5.76. The van der Waals surface area contributed by atoms with Crippen LogP contribution in [0.25, 0.3) is 0 Å². The molecule has 1 amide bonds. The van der Waals surface area contributed by atoms with Crippen molar-refractivity contribution in [1.29, 1.82) is 0 Å². The molecule has 1 aliphatic rings. The molecule has 1 fully saturated rings. The van der Waals surface area contributed by atoms with Gasteiger partial charge in [0.25, 0.3) is 0 Å². The van der Waals surface area contributed by atoms with Crippen LogP contribution < -0.4 is 5.32 Å². The number of piperazine rings is 1. The van der Waals surface area contributed by atoms with Gasteiger partial charge in [-0.1, -0.05) is 51.1 Å². The summed E-state index contributed by atoms with van der Waals surface area (Å²) in [6, 6.07) is 10.5. The van der Waals surface area contributed by atoms with Crippen LogP contribution in [-0.2, 0) is 11.3 Å². The van der Waals surface area contributed by atoms with Gasteiger partial charge in [0, 0.05) is 52.2 Å². The molecule has 1 aromatic rings. The summed E-state index contributed by atoms with van der Waals surface area (Å²) in [7, 11) is 0. The summed E-state index contributed by atoms with van der Waals surface area (Å²) in [5.74, 6) is 0.290. The zero-order valence-corrected chi connectivity index (χ0v) is 14.8. The van der Waals surface area contributed by atoms with Gasteiger partial charge in [-0.3, -0.25) is 9.69 Å². The van der Waals surface area contributed by atoms with Gasteiger partial charge < -0.3 is 10.2 Å². The Hall–Kier alpha value is -1.39. The molecule has 0 aliphatic carbocycles. The summed E-state index contributed by atoms with van der Waals surface area (Å²) in [6.45, 7) is 13.0. The first kappa shape index (κ1) is 18.0. The van der Waals surface area contributed by atoms with E-state index in [2.05, 4.69) is 55.3 Å². The summed E-state index contributed by atoms with van der Waals surface area (Å²) in [6.07, 6.45) is 0.614. The maximum Gasteiger partial charge on any atom is 0.223 e. The highest BCUT2D eigenvalue weighted by Crippen LogP contribution is 2.17. The summed E-state index contributed by atoms with van der Waals surface area (Å²) in [5.41, 5.74) is 1.54. The van der Waals surface area contributed by atoms with Crippen LogP contribution in [0.15, 0.2) is 30.3 Å². The van der Waals surface area contributed by atoms with Crippen LogP contribution in [0.2, 0.25) is 0 Å². The van der Waals surface area contributed by atoms with E-state index in [1.54, 1.807) is 0 Å². The number of hydrogen-bond donors (Lipinski definition) is 1. The molecule has 0 aromatic heterocycles. The topological polar surface area (TPSA) is 35.6 Å². The Morgan fingerprint density at radius 2 is 1.83 bits per heavy atom. The van der Waals surface area contributed by atoms with Crippen molar-refractivity contribution in [2.45, 2.75) is 33.7 Å². The van der Waals surface area contributed by atoms with E-state index in [-0.39, 0.29) is 5.41 Å². The van der Waals surface area contributed by atoms with Gasteiger partial charge in [0.2, 0.25) is 5.91 Å². The summed E-state index contributed by atoms with van der Waals surface area (Å²) < 4.78 is 0. The number of benzene rings is 1. The molecule has 0 spiro atoms. The zero-order chi connectivity index (χ0) is 16.7. The lowest BCUT2D eigenvalue weighted by molar-refractivity contribution is -0.132. The normalized spacial score (nSPS) is 15.9. The SMILES string of the molecule is CC(C)(C)CN(CCC(=O)N1CCNCC1)Cc1ccccc1. The first-order chi connectivity index (χ1) is 10.9. The number of nitrogens with one attached hydrogen (secondary N) is 1. The van der Waals surface area contributed by atoms with E-state index in [0.717, 1.165) is 45.8 Å². The molecular formula is C19H31N3O. The van der Waals surface area contributed by atoms with Crippen LogP contribution in [0, 0.1) is 5.41 Å². The van der Waals surface area contributed by atoms with Crippen LogP contribution in [0.3, 0.4) is 0 Å². The minimum atomic E-state index is 0.229. The van der Waals surface area contributed by atoms with Crippen molar-refractivity contribution in [3.8, 4) is 0 Å². The van der Waals surface area contributed by atoms with Crippen molar-refractivity contribution in [3.05, 3.63) is 35.9 Å². The van der Waals surface area contributed by atoms with Crippen LogP contribution >= 0.6 is 0 Å². The molecule has 1 heterocycles. The average molecular weight is 317 g/mol. The highest BCUT2D eigenvalue weighted by Gasteiger charge is 2.20. The Morgan fingerprint density at radius 1 is 1.17 bits per heavy atom.